The van der Waals surface area contributed by atoms with Crippen molar-refractivity contribution in [2.75, 3.05) is 7.11 Å². The normalized spacial score (nSPS) is 19.7. The van der Waals surface area contributed by atoms with Crippen molar-refractivity contribution in [1.29, 1.82) is 0 Å². The molecular formula is C29H23BN2O2. The second-order valence-corrected chi connectivity index (χ2v) is 8.96. The van der Waals surface area contributed by atoms with E-state index in [1.54, 1.807) is 7.11 Å². The molecule has 4 aromatic rings. The first kappa shape index (κ1) is 19.4. The summed E-state index contributed by atoms with van der Waals surface area (Å²) in [6.45, 7) is -1.21. The van der Waals surface area contributed by atoms with Crippen molar-refractivity contribution in [2.24, 2.45) is 0 Å². The lowest BCUT2D eigenvalue weighted by Gasteiger charge is -2.43. The predicted octanol–water partition coefficient (Wildman–Crippen LogP) is 4.81. The summed E-state index contributed by atoms with van der Waals surface area (Å²) in [6.07, 6.45) is 6.48. The second-order valence-electron chi connectivity index (χ2n) is 8.96. The molecule has 7 rings (SSSR count). The zero-order chi connectivity index (χ0) is 22.7. The lowest BCUT2D eigenvalue weighted by Crippen LogP contribution is -2.67. The summed E-state index contributed by atoms with van der Waals surface area (Å²) in [6, 6.07) is 32.0. The van der Waals surface area contributed by atoms with Crippen molar-refractivity contribution < 1.29 is 13.9 Å². The van der Waals surface area contributed by atoms with Gasteiger partial charge in [0.2, 0.25) is 0 Å². The highest BCUT2D eigenvalue weighted by molar-refractivity contribution is 6.80. The lowest BCUT2D eigenvalue weighted by atomic mass is 9.55. The van der Waals surface area contributed by atoms with Crippen molar-refractivity contribution in [3.63, 3.8) is 0 Å². The van der Waals surface area contributed by atoms with Crippen LogP contribution < -0.4 is 10.2 Å². The number of rotatable bonds is 3. The molecule has 34 heavy (non-hydrogen) atoms. The van der Waals surface area contributed by atoms with Crippen LogP contribution in [0.3, 0.4) is 0 Å². The molecule has 0 N–H and O–H groups in total. The van der Waals surface area contributed by atoms with Crippen LogP contribution in [0.5, 0.6) is 5.75 Å². The Morgan fingerprint density at radius 1 is 0.853 bits per heavy atom. The number of aromatic nitrogens is 1. The van der Waals surface area contributed by atoms with Gasteiger partial charge in [-0.2, -0.15) is 0 Å². The van der Waals surface area contributed by atoms with Gasteiger partial charge in [0.05, 0.1) is 12.7 Å². The summed E-state index contributed by atoms with van der Waals surface area (Å²) in [5.41, 5.74) is 9.40. The lowest BCUT2D eigenvalue weighted by molar-refractivity contribution is -0.349. The van der Waals surface area contributed by atoms with E-state index in [1.165, 1.54) is 22.4 Å². The molecule has 3 aliphatic heterocycles. The fourth-order valence-electron chi connectivity index (χ4n) is 5.84. The zero-order valence-corrected chi connectivity index (χ0v) is 18.9. The second kappa shape index (κ2) is 7.21. The first-order valence-electron chi connectivity index (χ1n) is 11.6. The highest BCUT2D eigenvalue weighted by atomic mass is 16.5. The Labute approximate surface area is 198 Å². The van der Waals surface area contributed by atoms with Gasteiger partial charge in [0, 0.05) is 35.7 Å². The van der Waals surface area contributed by atoms with Gasteiger partial charge in [0.15, 0.2) is 5.70 Å². The van der Waals surface area contributed by atoms with Gasteiger partial charge in [-0.25, -0.2) is 0 Å². The number of allylic oxidation sites excluding steroid dienone is 2. The van der Waals surface area contributed by atoms with E-state index in [2.05, 4.69) is 106 Å². The maximum absolute atomic E-state index is 7.03. The van der Waals surface area contributed by atoms with Crippen LogP contribution in [0.25, 0.3) is 16.8 Å². The van der Waals surface area contributed by atoms with Crippen molar-refractivity contribution in [3.05, 3.63) is 126 Å². The van der Waals surface area contributed by atoms with E-state index in [0.29, 0.717) is 6.61 Å². The molecule has 0 saturated heterocycles. The molecule has 4 heterocycles. The van der Waals surface area contributed by atoms with E-state index in [1.807, 2.05) is 12.1 Å². The van der Waals surface area contributed by atoms with Gasteiger partial charge < -0.3 is 18.4 Å². The van der Waals surface area contributed by atoms with Gasteiger partial charge in [-0.15, -0.1) is 0 Å². The van der Waals surface area contributed by atoms with Gasteiger partial charge in [0.25, 0.3) is 0 Å². The molecule has 3 aliphatic rings. The zero-order valence-electron chi connectivity index (χ0n) is 18.9. The Balaban J connectivity index is 1.59. The third-order valence-corrected chi connectivity index (χ3v) is 7.31. The molecule has 0 bridgehead atoms. The molecule has 5 heteroatoms. The molecule has 0 aliphatic carbocycles. The summed E-state index contributed by atoms with van der Waals surface area (Å²) in [7, 11) is 1.70. The predicted molar refractivity (Wildman–Crippen MR) is 136 cm³/mol. The summed E-state index contributed by atoms with van der Waals surface area (Å²) in [5, 5.41) is 0. The largest absolute Gasteiger partial charge is 0.545 e. The van der Waals surface area contributed by atoms with Crippen molar-refractivity contribution in [3.8, 4) is 17.0 Å². The Morgan fingerprint density at radius 2 is 1.62 bits per heavy atom. The van der Waals surface area contributed by atoms with E-state index >= 15 is 0 Å². The Hall–Kier alpha value is -4.09. The van der Waals surface area contributed by atoms with Crippen molar-refractivity contribution >= 4 is 23.9 Å². The molecule has 1 aromatic heterocycles. The molecule has 0 saturated carbocycles. The van der Waals surface area contributed by atoms with Gasteiger partial charge in [-0.3, -0.25) is 0 Å². The molecule has 3 aromatic carbocycles. The van der Waals surface area contributed by atoms with Crippen LogP contribution in [0.1, 0.15) is 16.8 Å². The number of ether oxygens (including phenoxy) is 1. The Bertz CT molecular complexity index is 1530. The van der Waals surface area contributed by atoms with Gasteiger partial charge >= 0.3 is 6.62 Å². The molecule has 4 nitrogen and oxygen atoms in total. The number of nitrogens with zero attached hydrogens (tertiary/aromatic N) is 2. The highest BCUT2D eigenvalue weighted by Gasteiger charge is 2.53. The number of hydrogen-bond acceptors (Lipinski definition) is 2. The van der Waals surface area contributed by atoms with E-state index in [9.17, 15) is 0 Å². The number of methoxy groups -OCH3 is 1. The highest BCUT2D eigenvalue weighted by Crippen LogP contribution is 2.44. The molecule has 1 atom stereocenters. The average Bonchev–Trinajstić information content (AvgIpc) is 3.53. The first-order chi connectivity index (χ1) is 16.8. The van der Waals surface area contributed by atoms with Gasteiger partial charge in [0.1, 0.15) is 12.0 Å². The van der Waals surface area contributed by atoms with Crippen LogP contribution in [0.15, 0.2) is 109 Å². The molecule has 0 fully saturated rings. The third kappa shape index (κ3) is 2.50. The number of fused-ring (bicyclic) bond motifs is 4. The quantitative estimate of drug-likeness (QED) is 0.426. The monoisotopic (exact) mass is 442 g/mol. The van der Waals surface area contributed by atoms with Crippen molar-refractivity contribution in [2.45, 2.75) is 6.61 Å². The van der Waals surface area contributed by atoms with E-state index in [0.717, 1.165) is 28.2 Å². The number of benzene rings is 3. The Morgan fingerprint density at radius 3 is 2.44 bits per heavy atom. The smallest absolute Gasteiger partial charge is 0.504 e. The maximum Gasteiger partial charge on any atom is 0.545 e. The van der Waals surface area contributed by atoms with Crippen LogP contribution in [-0.4, -0.2) is 28.9 Å². The SMILES string of the molecule is COc1ccc(C2=C3C=CC=[N+]3[B@-]3(c4ccccc4)OCc4ccccc4-c4ccc2n43)cc1. The minimum Gasteiger partial charge on any atom is -0.504 e. The molecular weight excluding hydrogens is 419 g/mol. The topological polar surface area (TPSA) is 26.4 Å². The summed E-state index contributed by atoms with van der Waals surface area (Å²) in [4.78, 5) is 0. The number of hydrogen-bond donors (Lipinski definition) is 0. The molecule has 0 unspecified atom stereocenters. The average molecular weight is 442 g/mol. The minimum absolute atomic E-state index is 0.543. The first-order valence-corrected chi connectivity index (χ1v) is 11.6. The van der Waals surface area contributed by atoms with Crippen LogP contribution in [0, 0.1) is 0 Å². The van der Waals surface area contributed by atoms with Crippen molar-refractivity contribution in [1.82, 2.24) is 4.48 Å². The van der Waals surface area contributed by atoms with Crippen LogP contribution in [-0.2, 0) is 11.3 Å². The van der Waals surface area contributed by atoms with Crippen LogP contribution in [0.4, 0.5) is 0 Å². The third-order valence-electron chi connectivity index (χ3n) is 7.31. The maximum atomic E-state index is 7.03. The molecule has 0 spiro atoms. The molecule has 0 radical (unpaired) electrons. The Kier molecular flexibility index (Phi) is 4.11. The summed E-state index contributed by atoms with van der Waals surface area (Å²) in [5.74, 6) is 0.852. The van der Waals surface area contributed by atoms with E-state index in [4.69, 9.17) is 9.39 Å². The standard InChI is InChI=1S/C29H23BN2O2/c1-33-24-15-13-21(14-16-24)29-27-12-7-19-31(27)30(23-9-3-2-4-10-23)32-26(17-18-28(29)32)25-11-6-5-8-22(25)20-34-30/h2-19H,20H2,1H3/t30-/m0/s1. The van der Waals surface area contributed by atoms with Gasteiger partial charge in [-0.05, 0) is 35.4 Å². The van der Waals surface area contributed by atoms with Crippen LogP contribution >= 0.6 is 0 Å². The van der Waals surface area contributed by atoms with Crippen LogP contribution in [0.2, 0.25) is 0 Å². The summed E-state index contributed by atoms with van der Waals surface area (Å²) >= 11 is 0. The molecule has 0 amide bonds. The molecule has 164 valence electrons. The van der Waals surface area contributed by atoms with E-state index < -0.39 is 6.62 Å². The summed E-state index contributed by atoms with van der Waals surface area (Å²) < 4.78 is 17.2. The minimum atomic E-state index is -1.75. The fourth-order valence-corrected chi connectivity index (χ4v) is 5.84. The van der Waals surface area contributed by atoms with Gasteiger partial charge in [-0.1, -0.05) is 72.2 Å². The fraction of sp³-hybridized carbons (Fsp3) is 0.0690. The van der Waals surface area contributed by atoms with E-state index in [-0.39, 0.29) is 0 Å².